The number of hydrogen-bond acceptors (Lipinski definition) is 2. The van der Waals surface area contributed by atoms with E-state index in [0.29, 0.717) is 16.7 Å². The molecule has 0 unspecified atom stereocenters. The molecule has 0 spiro atoms. The molecule has 3 heteroatoms. The number of rotatable bonds is 1. The van der Waals surface area contributed by atoms with Crippen molar-refractivity contribution in [3.05, 3.63) is 35.8 Å². The Morgan fingerprint density at radius 1 is 1.29 bits per heavy atom. The molecule has 1 aromatic carbocycles. The van der Waals surface area contributed by atoms with Crippen LogP contribution in [0.2, 0.25) is 0 Å². The molecule has 0 aliphatic rings. The van der Waals surface area contributed by atoms with Gasteiger partial charge in [0, 0.05) is 16.5 Å². The van der Waals surface area contributed by atoms with Crippen LogP contribution in [0.25, 0.3) is 10.8 Å². The first kappa shape index (κ1) is 8.94. The molecule has 0 atom stereocenters. The van der Waals surface area contributed by atoms with Crippen LogP contribution in [0.15, 0.2) is 24.3 Å². The van der Waals surface area contributed by atoms with Crippen LogP contribution >= 0.6 is 0 Å². The first-order valence-electron chi connectivity index (χ1n) is 4.32. The van der Waals surface area contributed by atoms with Gasteiger partial charge in [-0.05, 0) is 25.1 Å². The van der Waals surface area contributed by atoms with Gasteiger partial charge in [0.05, 0.1) is 7.11 Å². The van der Waals surface area contributed by atoms with E-state index in [-0.39, 0.29) is 5.82 Å². The lowest BCUT2D eigenvalue weighted by atomic mass is 10.1. The number of nitrogens with zero attached hydrogens (tertiary/aromatic N) is 1. The minimum Gasteiger partial charge on any atom is -0.481 e. The summed E-state index contributed by atoms with van der Waals surface area (Å²) in [7, 11) is 1.53. The molecule has 0 amide bonds. The average Bonchev–Trinajstić information content (AvgIpc) is 2.18. The summed E-state index contributed by atoms with van der Waals surface area (Å²) in [4.78, 5) is 4.17. The average molecular weight is 191 g/mol. The van der Waals surface area contributed by atoms with Gasteiger partial charge >= 0.3 is 0 Å². The van der Waals surface area contributed by atoms with E-state index >= 15 is 0 Å². The summed E-state index contributed by atoms with van der Waals surface area (Å²) in [5.74, 6) is 0.228. The van der Waals surface area contributed by atoms with Crippen LogP contribution in [0.4, 0.5) is 4.39 Å². The van der Waals surface area contributed by atoms with Gasteiger partial charge in [-0.25, -0.2) is 9.37 Å². The summed E-state index contributed by atoms with van der Waals surface area (Å²) >= 11 is 0. The molecule has 2 aromatic rings. The van der Waals surface area contributed by atoms with Crippen LogP contribution in [-0.2, 0) is 0 Å². The second-order valence-electron chi connectivity index (χ2n) is 3.11. The number of benzene rings is 1. The lowest BCUT2D eigenvalue weighted by Crippen LogP contribution is -1.92. The summed E-state index contributed by atoms with van der Waals surface area (Å²) < 4.78 is 18.5. The number of ether oxygens (including phenoxy) is 1. The molecule has 0 saturated heterocycles. The largest absolute Gasteiger partial charge is 0.481 e. The predicted molar refractivity (Wildman–Crippen MR) is 53.0 cm³/mol. The van der Waals surface area contributed by atoms with Crippen molar-refractivity contribution in [1.29, 1.82) is 0 Å². The van der Waals surface area contributed by atoms with Crippen molar-refractivity contribution in [2.75, 3.05) is 7.11 Å². The lowest BCUT2D eigenvalue weighted by Gasteiger charge is -2.06. The van der Waals surface area contributed by atoms with Crippen LogP contribution in [0.5, 0.6) is 5.88 Å². The third-order valence-electron chi connectivity index (χ3n) is 2.11. The minimum absolute atomic E-state index is 0.244. The first-order chi connectivity index (χ1) is 6.72. The molecule has 0 aliphatic carbocycles. The molecule has 72 valence electrons. The zero-order valence-corrected chi connectivity index (χ0v) is 8.04. The molecule has 2 nitrogen and oxygen atoms in total. The highest BCUT2D eigenvalue weighted by molar-refractivity contribution is 5.87. The maximum absolute atomic E-state index is 13.4. The molecule has 0 fully saturated rings. The smallest absolute Gasteiger partial charge is 0.221 e. The quantitative estimate of drug-likeness (QED) is 0.691. The molecule has 14 heavy (non-hydrogen) atoms. The molecule has 1 aromatic heterocycles. The van der Waals surface area contributed by atoms with Gasteiger partial charge in [-0.15, -0.1) is 0 Å². The third-order valence-corrected chi connectivity index (χ3v) is 2.11. The maximum atomic E-state index is 13.4. The maximum Gasteiger partial charge on any atom is 0.221 e. The Balaban J connectivity index is 2.87. The Bertz CT molecular complexity index is 482. The van der Waals surface area contributed by atoms with Crippen LogP contribution in [0.3, 0.4) is 0 Å². The lowest BCUT2D eigenvalue weighted by molar-refractivity contribution is 0.402. The Hall–Kier alpha value is -1.64. The highest BCUT2D eigenvalue weighted by Gasteiger charge is 2.07. The molecule has 0 N–H and O–H groups in total. The van der Waals surface area contributed by atoms with Gasteiger partial charge < -0.3 is 4.74 Å². The Kier molecular flexibility index (Phi) is 2.08. The van der Waals surface area contributed by atoms with E-state index in [1.54, 1.807) is 18.2 Å². The van der Waals surface area contributed by atoms with E-state index in [9.17, 15) is 4.39 Å². The fraction of sp³-hybridized carbons (Fsp3) is 0.182. The molecule has 2 rings (SSSR count). The normalized spacial score (nSPS) is 10.5. The second kappa shape index (κ2) is 3.25. The van der Waals surface area contributed by atoms with Crippen LogP contribution in [0, 0.1) is 12.7 Å². The number of halogens is 1. The molecule has 1 heterocycles. The molecule has 0 aliphatic heterocycles. The Morgan fingerprint density at radius 3 is 2.79 bits per heavy atom. The number of aryl methyl sites for hydroxylation is 1. The van der Waals surface area contributed by atoms with E-state index in [1.165, 1.54) is 13.2 Å². The number of methoxy groups -OCH3 is 1. The van der Waals surface area contributed by atoms with E-state index < -0.39 is 0 Å². The van der Waals surface area contributed by atoms with Crippen molar-refractivity contribution in [3.63, 3.8) is 0 Å². The Morgan fingerprint density at radius 2 is 2.07 bits per heavy atom. The Labute approximate surface area is 81.3 Å². The summed E-state index contributed by atoms with van der Waals surface area (Å²) in [6, 6.07) is 6.59. The van der Waals surface area contributed by atoms with Gasteiger partial charge in [0.2, 0.25) is 5.88 Å². The van der Waals surface area contributed by atoms with E-state index in [1.807, 2.05) is 6.92 Å². The zero-order valence-electron chi connectivity index (χ0n) is 8.04. The van der Waals surface area contributed by atoms with E-state index in [4.69, 9.17) is 4.74 Å². The van der Waals surface area contributed by atoms with Gasteiger partial charge in [-0.2, -0.15) is 0 Å². The van der Waals surface area contributed by atoms with Gasteiger partial charge in [-0.1, -0.05) is 6.07 Å². The fourth-order valence-electron chi connectivity index (χ4n) is 1.49. The zero-order chi connectivity index (χ0) is 10.1. The number of fused-ring (bicyclic) bond motifs is 1. The first-order valence-corrected chi connectivity index (χ1v) is 4.32. The second-order valence-corrected chi connectivity index (χ2v) is 3.11. The molecule has 0 radical (unpaired) electrons. The highest BCUT2D eigenvalue weighted by atomic mass is 19.1. The van der Waals surface area contributed by atoms with E-state index in [2.05, 4.69) is 4.98 Å². The van der Waals surface area contributed by atoms with Gasteiger partial charge in [0.1, 0.15) is 5.82 Å². The molecular formula is C11H10FNO. The molecular weight excluding hydrogens is 181 g/mol. The topological polar surface area (TPSA) is 22.1 Å². The van der Waals surface area contributed by atoms with Crippen molar-refractivity contribution >= 4 is 10.8 Å². The van der Waals surface area contributed by atoms with E-state index in [0.717, 1.165) is 5.69 Å². The van der Waals surface area contributed by atoms with Crippen LogP contribution in [-0.4, -0.2) is 12.1 Å². The van der Waals surface area contributed by atoms with Crippen LogP contribution < -0.4 is 4.74 Å². The molecule has 0 bridgehead atoms. The predicted octanol–water partition coefficient (Wildman–Crippen LogP) is 2.69. The minimum atomic E-state index is -0.244. The fourth-order valence-corrected chi connectivity index (χ4v) is 1.49. The number of hydrogen-bond donors (Lipinski definition) is 0. The van der Waals surface area contributed by atoms with Crippen molar-refractivity contribution in [1.82, 2.24) is 4.98 Å². The summed E-state index contributed by atoms with van der Waals surface area (Å²) in [5.41, 5.74) is 0.749. The van der Waals surface area contributed by atoms with Crippen molar-refractivity contribution < 1.29 is 9.13 Å². The third kappa shape index (κ3) is 1.31. The van der Waals surface area contributed by atoms with Crippen molar-refractivity contribution in [3.8, 4) is 5.88 Å². The van der Waals surface area contributed by atoms with Gasteiger partial charge in [0.25, 0.3) is 0 Å². The monoisotopic (exact) mass is 191 g/mol. The number of pyridine rings is 1. The summed E-state index contributed by atoms with van der Waals surface area (Å²) in [6.45, 7) is 1.81. The van der Waals surface area contributed by atoms with Crippen LogP contribution in [0.1, 0.15) is 5.69 Å². The number of aromatic nitrogens is 1. The standard InChI is InChI=1S/C11H10FNO/c1-7-6-9-8(11(13-7)14-2)4-3-5-10(9)12/h3-6H,1-2H3. The van der Waals surface area contributed by atoms with Crippen molar-refractivity contribution in [2.24, 2.45) is 0 Å². The van der Waals surface area contributed by atoms with Crippen molar-refractivity contribution in [2.45, 2.75) is 6.92 Å². The summed E-state index contributed by atoms with van der Waals surface area (Å²) in [6.07, 6.45) is 0. The van der Waals surface area contributed by atoms with Gasteiger partial charge in [-0.3, -0.25) is 0 Å². The SMILES string of the molecule is COc1nc(C)cc2c(F)cccc12. The van der Waals surface area contributed by atoms with Gasteiger partial charge in [0.15, 0.2) is 0 Å². The molecule has 0 saturated carbocycles. The summed E-state index contributed by atoms with van der Waals surface area (Å²) in [5, 5.41) is 1.26. The highest BCUT2D eigenvalue weighted by Crippen LogP contribution is 2.25.